The first-order chi connectivity index (χ1) is 38.5. The minimum atomic E-state index is -0.859. The van der Waals surface area contributed by atoms with Gasteiger partial charge >= 0.3 is 0 Å². The Balaban J connectivity index is 0.000000175. The molecule has 15 nitrogen and oxygen atoms in total. The van der Waals surface area contributed by atoms with Crippen LogP contribution in [0, 0.1) is 38.2 Å². The number of hydrogen-bond acceptors (Lipinski definition) is 9. The van der Waals surface area contributed by atoms with Gasteiger partial charge in [0.1, 0.15) is 0 Å². The summed E-state index contributed by atoms with van der Waals surface area (Å²) < 4.78 is 48.1. The van der Waals surface area contributed by atoms with Crippen molar-refractivity contribution in [1.29, 1.82) is 0 Å². The Morgan fingerprint density at radius 3 is 1.06 bits per heavy atom. The zero-order valence-electron chi connectivity index (χ0n) is 44.5. The summed E-state index contributed by atoms with van der Waals surface area (Å²) in [6.45, 7) is 9.59. The molecule has 6 N–H and O–H groups in total. The zero-order chi connectivity index (χ0) is 59.1. The number of phenols is 3. The van der Waals surface area contributed by atoms with Gasteiger partial charge in [0.15, 0.2) is 34.7 Å². The zero-order valence-corrected chi connectivity index (χ0v) is 46.8. The van der Waals surface area contributed by atoms with Crippen LogP contribution in [0.15, 0.2) is 109 Å². The Hall–Kier alpha value is -8.58. The SMILES string of the molecule is CCCNC(=O)Cc1c(C)n(C(=O)c2cccc(Cl)c2)c2ccc(O)c(F)c12.CCNC(=O)Cc1c(C)n(C(=O)c2cccc(Cl)c2)c2ccc(O)c(F)c12.CNC(=O)Cc1c(C)n(C(=O)c2cccc(Cl)c2)c2ccc(O)c(F)c12. The van der Waals surface area contributed by atoms with Crippen LogP contribution in [0.2, 0.25) is 15.1 Å². The molecule has 0 aliphatic rings. The van der Waals surface area contributed by atoms with E-state index in [0.717, 1.165) is 6.42 Å². The lowest BCUT2D eigenvalue weighted by atomic mass is 10.1. The van der Waals surface area contributed by atoms with Crippen molar-refractivity contribution in [3.05, 3.63) is 192 Å². The van der Waals surface area contributed by atoms with Crippen LogP contribution in [0.1, 0.15) is 85.1 Å². The molecule has 6 aromatic carbocycles. The largest absolute Gasteiger partial charge is 0.505 e. The van der Waals surface area contributed by atoms with Crippen molar-refractivity contribution in [2.45, 2.75) is 60.3 Å². The monoisotopic (exact) mass is 1160 g/mol. The van der Waals surface area contributed by atoms with E-state index >= 15 is 0 Å². The van der Waals surface area contributed by atoms with Gasteiger partial charge in [0.05, 0.1) is 35.8 Å². The van der Waals surface area contributed by atoms with Crippen LogP contribution in [-0.2, 0) is 33.6 Å². The number of carbonyl (C=O) groups is 6. The van der Waals surface area contributed by atoms with E-state index in [1.165, 1.54) is 75.3 Å². The number of phenolic OH excluding ortho intramolecular Hbond substituents is 3. The smallest absolute Gasteiger partial charge is 0.262 e. The number of benzene rings is 6. The van der Waals surface area contributed by atoms with Gasteiger partial charge in [-0.15, -0.1) is 0 Å². The second-order valence-corrected chi connectivity index (χ2v) is 19.8. The highest BCUT2D eigenvalue weighted by Gasteiger charge is 2.28. The number of aromatic hydroxyl groups is 3. The maximum Gasteiger partial charge on any atom is 0.262 e. The number of amides is 3. The van der Waals surface area contributed by atoms with E-state index in [4.69, 9.17) is 34.8 Å². The average Bonchev–Trinajstić information content (AvgIpc) is 3.09. The van der Waals surface area contributed by atoms with Crippen LogP contribution in [0.3, 0.4) is 0 Å². The van der Waals surface area contributed by atoms with Crippen molar-refractivity contribution < 1.29 is 57.3 Å². The van der Waals surface area contributed by atoms with Crippen molar-refractivity contribution in [1.82, 2.24) is 29.7 Å². The highest BCUT2D eigenvalue weighted by Crippen LogP contribution is 2.37. The third-order valence-electron chi connectivity index (χ3n) is 13.3. The first-order valence-electron chi connectivity index (χ1n) is 25.2. The molecule has 9 aromatic rings. The summed E-state index contributed by atoms with van der Waals surface area (Å²) in [7, 11) is 1.47. The molecule has 420 valence electrons. The summed E-state index contributed by atoms with van der Waals surface area (Å²) in [6, 6.07) is 27.3. The van der Waals surface area contributed by atoms with Crippen LogP contribution in [0.4, 0.5) is 13.2 Å². The molecule has 0 aliphatic heterocycles. The Bertz CT molecular complexity index is 3980. The Morgan fingerprint density at radius 1 is 0.469 bits per heavy atom. The van der Waals surface area contributed by atoms with Gasteiger partial charge in [-0.3, -0.25) is 42.5 Å². The van der Waals surface area contributed by atoms with Gasteiger partial charge in [0, 0.05) is 85.1 Å². The Morgan fingerprint density at radius 2 is 0.778 bits per heavy atom. The van der Waals surface area contributed by atoms with Crippen LogP contribution >= 0.6 is 34.8 Å². The number of aromatic nitrogens is 3. The fraction of sp³-hybridized carbons (Fsp3) is 0.200. The number of fused-ring (bicyclic) bond motifs is 3. The molecule has 0 saturated carbocycles. The summed E-state index contributed by atoms with van der Waals surface area (Å²) in [5.41, 5.74) is 4.24. The topological polar surface area (TPSA) is 214 Å². The molecule has 81 heavy (non-hydrogen) atoms. The number of carbonyl (C=O) groups excluding carboxylic acids is 6. The van der Waals surface area contributed by atoms with Crippen LogP contribution in [0.5, 0.6) is 17.2 Å². The first kappa shape index (κ1) is 60.1. The van der Waals surface area contributed by atoms with Gasteiger partial charge in [0.25, 0.3) is 17.7 Å². The standard InChI is InChI=1S/C21H20ClFN2O3.C20H18ClFN2O3.C19H16ClFN2O3/c1-3-9-24-18(27)11-15-12(2)25(16-7-8-17(26)20(23)19(15)16)21(28)13-5-4-6-14(22)10-13;1-3-23-17(26)10-14-11(2)24(15-7-8-16(25)19(22)18(14)15)20(27)12-5-4-6-13(21)9-12;1-10-13(9-16(25)22-2)17-14(6-7-15(24)18(17)21)23(10)19(26)11-4-3-5-12(20)8-11/h4-8,10,26H,3,9,11H2,1-2H3,(H,24,27);4-9,25H,3,10H2,1-2H3,(H,23,26);3-8,24H,9H2,1-2H3,(H,22,25). The van der Waals surface area contributed by atoms with E-state index in [1.54, 1.807) is 82.3 Å². The molecular formula is C60H54Cl3F3N6O9. The number of likely N-dealkylation sites (N-methyl/N-ethyl adjacent to an activating group) is 2. The number of nitrogens with zero attached hydrogens (tertiary/aromatic N) is 3. The van der Waals surface area contributed by atoms with Crippen molar-refractivity contribution >= 4 is 103 Å². The molecule has 0 spiro atoms. The van der Waals surface area contributed by atoms with Gasteiger partial charge in [-0.05, 0) is 142 Å². The molecule has 3 amide bonds. The van der Waals surface area contributed by atoms with Crippen molar-refractivity contribution in [3.63, 3.8) is 0 Å². The second kappa shape index (κ2) is 25.7. The van der Waals surface area contributed by atoms with E-state index in [-0.39, 0.29) is 69.7 Å². The van der Waals surface area contributed by atoms with Crippen LogP contribution in [0.25, 0.3) is 32.7 Å². The molecule has 21 heteroatoms. The molecule has 0 bridgehead atoms. The number of halogens is 6. The molecular weight excluding hydrogens is 1110 g/mol. The lowest BCUT2D eigenvalue weighted by molar-refractivity contribution is -0.121. The quantitative estimate of drug-likeness (QED) is 0.0685. The highest BCUT2D eigenvalue weighted by atomic mass is 35.5. The Kier molecular flexibility index (Phi) is 19.0. The third kappa shape index (κ3) is 12.6. The summed E-state index contributed by atoms with van der Waals surface area (Å²) in [5, 5.41) is 38.6. The molecule has 0 unspecified atom stereocenters. The van der Waals surface area contributed by atoms with E-state index in [9.17, 15) is 57.3 Å². The number of nitrogens with one attached hydrogen (secondary N) is 3. The number of rotatable bonds is 12. The van der Waals surface area contributed by atoms with Crippen LogP contribution < -0.4 is 16.0 Å². The van der Waals surface area contributed by atoms with E-state index in [0.29, 0.717) is 78.6 Å². The predicted octanol–water partition coefficient (Wildman–Crippen LogP) is 11.4. The fourth-order valence-electron chi connectivity index (χ4n) is 9.42. The molecule has 3 aromatic heterocycles. The van der Waals surface area contributed by atoms with E-state index in [1.807, 2.05) is 6.92 Å². The van der Waals surface area contributed by atoms with Crippen molar-refractivity contribution in [3.8, 4) is 17.2 Å². The molecule has 0 aliphatic carbocycles. The van der Waals surface area contributed by atoms with E-state index < -0.39 is 52.4 Å². The summed E-state index contributed by atoms with van der Waals surface area (Å²) in [6.07, 6.45) is 0.453. The molecule has 9 rings (SSSR count). The van der Waals surface area contributed by atoms with Crippen molar-refractivity contribution in [2.75, 3.05) is 20.1 Å². The Labute approximate surface area is 477 Å². The first-order valence-corrected chi connectivity index (χ1v) is 26.4. The van der Waals surface area contributed by atoms with Gasteiger partial charge < -0.3 is 31.3 Å². The third-order valence-corrected chi connectivity index (χ3v) is 14.0. The van der Waals surface area contributed by atoms with Crippen molar-refractivity contribution in [2.24, 2.45) is 0 Å². The van der Waals surface area contributed by atoms with Gasteiger partial charge in [-0.1, -0.05) is 59.9 Å². The molecule has 0 atom stereocenters. The van der Waals surface area contributed by atoms with Gasteiger partial charge in [-0.25, -0.2) is 13.2 Å². The van der Waals surface area contributed by atoms with Gasteiger partial charge in [0.2, 0.25) is 17.7 Å². The normalized spacial score (nSPS) is 11.0. The number of hydrogen-bond donors (Lipinski definition) is 6. The average molecular weight is 1170 g/mol. The fourth-order valence-corrected chi connectivity index (χ4v) is 9.99. The highest BCUT2D eigenvalue weighted by molar-refractivity contribution is 6.31. The minimum Gasteiger partial charge on any atom is -0.505 e. The summed E-state index contributed by atoms with van der Waals surface area (Å²) in [4.78, 5) is 75.4. The lowest BCUT2D eigenvalue weighted by Crippen LogP contribution is -2.26. The lowest BCUT2D eigenvalue weighted by Gasteiger charge is -2.08. The molecule has 0 fully saturated rings. The molecule has 0 saturated heterocycles. The van der Waals surface area contributed by atoms with Crippen LogP contribution in [-0.4, -0.2) is 84.6 Å². The van der Waals surface area contributed by atoms with Gasteiger partial charge in [-0.2, -0.15) is 0 Å². The molecule has 3 heterocycles. The van der Waals surface area contributed by atoms with E-state index in [2.05, 4.69) is 16.0 Å². The predicted molar refractivity (Wildman–Crippen MR) is 306 cm³/mol. The summed E-state index contributed by atoms with van der Waals surface area (Å²) >= 11 is 17.9. The maximum absolute atomic E-state index is 14.8. The minimum absolute atomic E-state index is 0.0569. The maximum atomic E-state index is 14.8. The second-order valence-electron chi connectivity index (χ2n) is 18.5. The molecule has 0 radical (unpaired) electrons. The summed E-state index contributed by atoms with van der Waals surface area (Å²) in [5.74, 6) is -6.26.